The Kier molecular flexibility index (Phi) is 3.82. The summed E-state index contributed by atoms with van der Waals surface area (Å²) in [5, 5.41) is 0. The van der Waals surface area contributed by atoms with Crippen LogP contribution in [0.25, 0.3) is 0 Å². The maximum absolute atomic E-state index is 10.8. The van der Waals surface area contributed by atoms with Crippen LogP contribution in [0.15, 0.2) is 12.2 Å². The highest BCUT2D eigenvalue weighted by molar-refractivity contribution is 5.87. The molecule has 0 aliphatic rings. The highest BCUT2D eigenvalue weighted by Gasteiger charge is 2.11. The van der Waals surface area contributed by atoms with Crippen molar-refractivity contribution in [2.24, 2.45) is 5.73 Å². The van der Waals surface area contributed by atoms with E-state index in [-0.39, 0.29) is 5.57 Å². The lowest BCUT2D eigenvalue weighted by Gasteiger charge is -2.11. The van der Waals surface area contributed by atoms with Crippen LogP contribution in [0.1, 0.15) is 13.8 Å². The lowest BCUT2D eigenvalue weighted by atomic mass is 10.4. The van der Waals surface area contributed by atoms with Crippen molar-refractivity contribution in [1.29, 1.82) is 0 Å². The summed E-state index contributed by atoms with van der Waals surface area (Å²) in [4.78, 5) is 20.9. The van der Waals surface area contributed by atoms with Gasteiger partial charge in [-0.3, -0.25) is 0 Å². The minimum atomic E-state index is -0.989. The molecule has 0 fully saturated rings. The molecular weight excluding hydrogens is 162 g/mol. The Bertz CT molecular complexity index is 211. The molecule has 0 saturated heterocycles. The number of nitrogens with two attached hydrogens (primary N) is 1. The van der Waals surface area contributed by atoms with Crippen LogP contribution in [-0.4, -0.2) is 18.4 Å². The third kappa shape index (κ3) is 4.32. The standard InChI is InChI=1S/C7H11NO4/c1-4(2)6(9)11-5(3)12-7(8)10/h5H,1H2,2-3H3,(H2,8,10). The summed E-state index contributed by atoms with van der Waals surface area (Å²) in [5.41, 5.74) is 4.90. The average molecular weight is 173 g/mol. The maximum Gasteiger partial charge on any atom is 0.407 e. The van der Waals surface area contributed by atoms with Crippen LogP contribution in [0, 0.1) is 0 Å². The second-order valence-electron chi connectivity index (χ2n) is 2.19. The van der Waals surface area contributed by atoms with Crippen molar-refractivity contribution >= 4 is 12.1 Å². The molecule has 0 spiro atoms. The van der Waals surface area contributed by atoms with Crippen molar-refractivity contribution in [3.05, 3.63) is 12.2 Å². The molecule has 0 radical (unpaired) electrons. The molecule has 0 heterocycles. The van der Waals surface area contributed by atoms with Gasteiger partial charge >= 0.3 is 12.1 Å². The molecule has 0 bridgehead atoms. The van der Waals surface area contributed by atoms with E-state index in [9.17, 15) is 9.59 Å². The van der Waals surface area contributed by atoms with Crippen molar-refractivity contribution < 1.29 is 19.1 Å². The van der Waals surface area contributed by atoms with Gasteiger partial charge in [0, 0.05) is 12.5 Å². The zero-order valence-corrected chi connectivity index (χ0v) is 6.99. The number of ether oxygens (including phenoxy) is 2. The molecule has 0 aromatic rings. The minimum absolute atomic E-state index is 0.231. The van der Waals surface area contributed by atoms with Gasteiger partial charge in [0.2, 0.25) is 6.29 Å². The van der Waals surface area contributed by atoms with E-state index >= 15 is 0 Å². The zero-order valence-electron chi connectivity index (χ0n) is 6.99. The van der Waals surface area contributed by atoms with Crippen molar-refractivity contribution in [3.8, 4) is 0 Å². The van der Waals surface area contributed by atoms with Crippen molar-refractivity contribution in [2.75, 3.05) is 0 Å². The number of esters is 1. The van der Waals surface area contributed by atoms with E-state index in [2.05, 4.69) is 21.8 Å². The number of rotatable bonds is 3. The zero-order chi connectivity index (χ0) is 9.72. The van der Waals surface area contributed by atoms with E-state index in [1.807, 2.05) is 0 Å². The van der Waals surface area contributed by atoms with Gasteiger partial charge in [-0.15, -0.1) is 0 Å². The lowest BCUT2D eigenvalue weighted by Crippen LogP contribution is -2.25. The van der Waals surface area contributed by atoms with Crippen molar-refractivity contribution in [2.45, 2.75) is 20.1 Å². The number of hydrogen-bond donors (Lipinski definition) is 1. The molecule has 0 aromatic heterocycles. The van der Waals surface area contributed by atoms with Crippen molar-refractivity contribution in [3.63, 3.8) is 0 Å². The monoisotopic (exact) mass is 173 g/mol. The summed E-state index contributed by atoms with van der Waals surface area (Å²) in [6.07, 6.45) is -1.97. The summed E-state index contributed by atoms with van der Waals surface area (Å²) < 4.78 is 8.89. The predicted octanol–water partition coefficient (Wildman–Crippen LogP) is 0.547. The van der Waals surface area contributed by atoms with Gasteiger partial charge in [0.25, 0.3) is 0 Å². The Morgan fingerprint density at radius 3 is 2.25 bits per heavy atom. The summed E-state index contributed by atoms with van der Waals surface area (Å²) in [6, 6.07) is 0. The SMILES string of the molecule is C=C(C)C(=O)OC(C)OC(N)=O. The smallest absolute Gasteiger partial charge is 0.407 e. The maximum atomic E-state index is 10.8. The Balaban J connectivity index is 3.84. The van der Waals surface area contributed by atoms with Crippen LogP contribution >= 0.6 is 0 Å². The second kappa shape index (κ2) is 4.38. The summed E-state index contributed by atoms with van der Waals surface area (Å²) >= 11 is 0. The van der Waals surface area contributed by atoms with Gasteiger partial charge in [-0.05, 0) is 6.92 Å². The molecule has 5 nitrogen and oxygen atoms in total. The summed E-state index contributed by atoms with van der Waals surface area (Å²) in [7, 11) is 0. The van der Waals surface area contributed by atoms with E-state index < -0.39 is 18.4 Å². The van der Waals surface area contributed by atoms with E-state index in [0.717, 1.165) is 0 Å². The molecule has 0 aliphatic carbocycles. The van der Waals surface area contributed by atoms with E-state index in [1.54, 1.807) is 0 Å². The van der Waals surface area contributed by atoms with Gasteiger partial charge < -0.3 is 15.2 Å². The minimum Gasteiger partial charge on any atom is -0.422 e. The lowest BCUT2D eigenvalue weighted by molar-refractivity contribution is -0.159. The Labute approximate surface area is 70.1 Å². The van der Waals surface area contributed by atoms with E-state index in [0.29, 0.717) is 0 Å². The highest BCUT2D eigenvalue weighted by atomic mass is 16.7. The topological polar surface area (TPSA) is 78.6 Å². The van der Waals surface area contributed by atoms with Crippen LogP contribution in [0.5, 0.6) is 0 Å². The molecule has 0 aromatic carbocycles. The molecule has 0 rings (SSSR count). The van der Waals surface area contributed by atoms with E-state index in [1.165, 1.54) is 13.8 Å². The second-order valence-corrected chi connectivity index (χ2v) is 2.19. The molecule has 68 valence electrons. The average Bonchev–Trinajstić information content (AvgIpc) is 1.84. The normalized spacial score (nSPS) is 11.5. The van der Waals surface area contributed by atoms with Crippen molar-refractivity contribution in [1.82, 2.24) is 0 Å². The Hall–Kier alpha value is -1.52. The quantitative estimate of drug-likeness (QED) is 0.384. The molecule has 12 heavy (non-hydrogen) atoms. The fourth-order valence-corrected chi connectivity index (χ4v) is 0.439. The first-order valence-corrected chi connectivity index (χ1v) is 3.26. The number of carbonyl (C=O) groups is 2. The van der Waals surface area contributed by atoms with E-state index in [4.69, 9.17) is 0 Å². The molecule has 0 aliphatic heterocycles. The fourth-order valence-electron chi connectivity index (χ4n) is 0.439. The van der Waals surface area contributed by atoms with Crippen LogP contribution in [-0.2, 0) is 14.3 Å². The molecule has 1 atom stereocenters. The molecule has 0 saturated carbocycles. The molecule has 1 amide bonds. The third-order valence-electron chi connectivity index (χ3n) is 0.904. The first-order valence-electron chi connectivity index (χ1n) is 3.26. The predicted molar refractivity (Wildman–Crippen MR) is 41.0 cm³/mol. The van der Waals surface area contributed by atoms with Gasteiger partial charge in [0.05, 0.1) is 0 Å². The van der Waals surface area contributed by atoms with Crippen LogP contribution < -0.4 is 5.73 Å². The molecular formula is C7H11NO4. The number of amides is 1. The van der Waals surface area contributed by atoms with Crippen LogP contribution in [0.3, 0.4) is 0 Å². The Morgan fingerprint density at radius 1 is 1.42 bits per heavy atom. The summed E-state index contributed by atoms with van der Waals surface area (Å²) in [5.74, 6) is -0.622. The van der Waals surface area contributed by atoms with Gasteiger partial charge in [-0.25, -0.2) is 9.59 Å². The first-order chi connectivity index (χ1) is 5.43. The molecule has 2 N–H and O–H groups in total. The fraction of sp³-hybridized carbons (Fsp3) is 0.429. The molecule has 1 unspecified atom stereocenters. The van der Waals surface area contributed by atoms with Gasteiger partial charge in [0.15, 0.2) is 0 Å². The number of carbonyl (C=O) groups excluding carboxylic acids is 2. The Morgan fingerprint density at radius 2 is 1.92 bits per heavy atom. The largest absolute Gasteiger partial charge is 0.422 e. The van der Waals surface area contributed by atoms with Crippen LogP contribution in [0.4, 0.5) is 4.79 Å². The number of hydrogen-bond acceptors (Lipinski definition) is 4. The third-order valence-corrected chi connectivity index (χ3v) is 0.904. The van der Waals surface area contributed by atoms with Gasteiger partial charge in [0.1, 0.15) is 0 Å². The van der Waals surface area contributed by atoms with Crippen LogP contribution in [0.2, 0.25) is 0 Å². The number of primary amides is 1. The van der Waals surface area contributed by atoms with Gasteiger partial charge in [-0.1, -0.05) is 6.58 Å². The first kappa shape index (κ1) is 10.5. The highest BCUT2D eigenvalue weighted by Crippen LogP contribution is 1.98. The molecule has 5 heteroatoms. The summed E-state index contributed by atoms with van der Waals surface area (Å²) in [6.45, 7) is 6.21. The van der Waals surface area contributed by atoms with Gasteiger partial charge in [-0.2, -0.15) is 0 Å².